The van der Waals surface area contributed by atoms with Crippen LogP contribution < -0.4 is 5.73 Å². The maximum Gasteiger partial charge on any atom is 0.248 e. The number of primary amides is 1. The molecule has 21 heavy (non-hydrogen) atoms. The lowest BCUT2D eigenvalue weighted by Gasteiger charge is -2.58. The highest BCUT2D eigenvalue weighted by molar-refractivity contribution is 5.93. The van der Waals surface area contributed by atoms with Crippen LogP contribution in [-0.2, 0) is 11.8 Å². The number of amides is 1. The highest BCUT2D eigenvalue weighted by Crippen LogP contribution is 2.59. The number of hydrogen-bond acceptors (Lipinski definition) is 3. The van der Waals surface area contributed by atoms with Gasteiger partial charge in [-0.3, -0.25) is 4.79 Å². The van der Waals surface area contributed by atoms with Crippen LogP contribution in [0.5, 0.6) is 0 Å². The second-order valence-corrected chi connectivity index (χ2v) is 7.05. The molecule has 3 unspecified atom stereocenters. The summed E-state index contributed by atoms with van der Waals surface area (Å²) in [5, 5.41) is 11.5. The van der Waals surface area contributed by atoms with Gasteiger partial charge in [-0.1, -0.05) is 6.07 Å². The fourth-order valence-corrected chi connectivity index (χ4v) is 5.22. The molecule has 2 aliphatic carbocycles. The van der Waals surface area contributed by atoms with E-state index in [-0.39, 0.29) is 17.4 Å². The maximum atomic E-state index is 11.5. The number of rotatable bonds is 1. The van der Waals surface area contributed by atoms with Gasteiger partial charge in [-0.25, -0.2) is 0 Å². The molecule has 3 aliphatic rings. The van der Waals surface area contributed by atoms with Crippen molar-refractivity contribution >= 4 is 5.91 Å². The number of fused-ring (bicyclic) bond motifs is 1. The van der Waals surface area contributed by atoms with E-state index in [0.29, 0.717) is 5.56 Å². The van der Waals surface area contributed by atoms with E-state index < -0.39 is 5.60 Å². The van der Waals surface area contributed by atoms with E-state index in [4.69, 9.17) is 5.73 Å². The van der Waals surface area contributed by atoms with Gasteiger partial charge < -0.3 is 15.7 Å². The SMILES string of the molecule is CN1CCC23CCCC2(O)C1Cc1ccc(C(N)=O)cc13. The van der Waals surface area contributed by atoms with Crippen molar-refractivity contribution in [3.05, 3.63) is 34.9 Å². The summed E-state index contributed by atoms with van der Waals surface area (Å²) < 4.78 is 0. The number of likely N-dealkylation sites (tertiary alicyclic amines) is 1. The minimum absolute atomic E-state index is 0.177. The van der Waals surface area contributed by atoms with Gasteiger partial charge in [0.1, 0.15) is 0 Å². The third kappa shape index (κ3) is 1.49. The van der Waals surface area contributed by atoms with E-state index in [2.05, 4.69) is 11.9 Å². The molecule has 1 saturated heterocycles. The van der Waals surface area contributed by atoms with Gasteiger partial charge in [-0.2, -0.15) is 0 Å². The van der Waals surface area contributed by atoms with Crippen molar-refractivity contribution in [1.82, 2.24) is 4.90 Å². The largest absolute Gasteiger partial charge is 0.387 e. The Bertz CT molecular complexity index is 629. The van der Waals surface area contributed by atoms with E-state index in [1.54, 1.807) is 0 Å². The number of benzene rings is 1. The number of hydrogen-bond donors (Lipinski definition) is 2. The zero-order valence-electron chi connectivity index (χ0n) is 12.4. The highest BCUT2D eigenvalue weighted by atomic mass is 16.3. The zero-order chi connectivity index (χ0) is 14.8. The number of nitrogens with zero attached hydrogens (tertiary/aromatic N) is 1. The number of piperidine rings is 1. The molecule has 4 rings (SSSR count). The molecule has 1 amide bonds. The van der Waals surface area contributed by atoms with Crippen molar-refractivity contribution in [3.63, 3.8) is 0 Å². The topological polar surface area (TPSA) is 66.6 Å². The van der Waals surface area contributed by atoms with Gasteiger partial charge in [0.2, 0.25) is 5.91 Å². The number of likely N-dealkylation sites (N-methyl/N-ethyl adjacent to an activating group) is 1. The van der Waals surface area contributed by atoms with Gasteiger partial charge in [0, 0.05) is 17.0 Å². The first-order chi connectivity index (χ1) is 9.98. The molecular formula is C17H22N2O2. The van der Waals surface area contributed by atoms with E-state index in [0.717, 1.165) is 38.6 Å². The average Bonchev–Trinajstić information content (AvgIpc) is 2.82. The second-order valence-electron chi connectivity index (χ2n) is 7.05. The molecule has 0 spiro atoms. The summed E-state index contributed by atoms with van der Waals surface area (Å²) in [4.78, 5) is 13.8. The predicted molar refractivity (Wildman–Crippen MR) is 80.2 cm³/mol. The van der Waals surface area contributed by atoms with Crippen LogP contribution in [0.15, 0.2) is 18.2 Å². The molecule has 4 nitrogen and oxygen atoms in total. The minimum atomic E-state index is -0.650. The van der Waals surface area contributed by atoms with Crippen molar-refractivity contribution < 1.29 is 9.90 Å². The lowest BCUT2D eigenvalue weighted by Crippen LogP contribution is -2.68. The fourth-order valence-electron chi connectivity index (χ4n) is 5.22. The normalized spacial score (nSPS) is 37.9. The molecule has 1 saturated carbocycles. The Balaban J connectivity index is 1.95. The van der Waals surface area contributed by atoms with Crippen LogP contribution in [0.2, 0.25) is 0 Å². The number of aliphatic hydroxyl groups is 1. The molecule has 4 heteroatoms. The molecule has 2 bridgehead atoms. The van der Waals surface area contributed by atoms with Crippen molar-refractivity contribution in [3.8, 4) is 0 Å². The monoisotopic (exact) mass is 286 g/mol. The van der Waals surface area contributed by atoms with E-state index >= 15 is 0 Å². The summed E-state index contributed by atoms with van der Waals surface area (Å²) in [5.74, 6) is -0.384. The first kappa shape index (κ1) is 13.3. The summed E-state index contributed by atoms with van der Waals surface area (Å²) in [6.07, 6.45) is 4.77. The van der Waals surface area contributed by atoms with Crippen LogP contribution in [0.4, 0.5) is 0 Å². The van der Waals surface area contributed by atoms with Crippen molar-refractivity contribution in [2.45, 2.75) is 49.2 Å². The van der Waals surface area contributed by atoms with Crippen molar-refractivity contribution in [1.29, 1.82) is 0 Å². The Labute approximate surface area is 124 Å². The lowest BCUT2D eigenvalue weighted by atomic mass is 9.56. The van der Waals surface area contributed by atoms with Crippen LogP contribution >= 0.6 is 0 Å². The molecule has 0 radical (unpaired) electrons. The molecule has 2 fully saturated rings. The molecule has 0 aromatic heterocycles. The number of carbonyl (C=O) groups is 1. The summed E-state index contributed by atoms with van der Waals surface area (Å²) >= 11 is 0. The van der Waals surface area contributed by atoms with Gasteiger partial charge in [0.05, 0.1) is 5.60 Å². The molecule has 1 heterocycles. The zero-order valence-corrected chi connectivity index (χ0v) is 12.4. The summed E-state index contributed by atoms with van der Waals surface area (Å²) in [7, 11) is 2.12. The van der Waals surface area contributed by atoms with Crippen molar-refractivity contribution in [2.24, 2.45) is 5.73 Å². The van der Waals surface area contributed by atoms with Gasteiger partial charge in [0.25, 0.3) is 0 Å². The Morgan fingerprint density at radius 1 is 1.38 bits per heavy atom. The third-order valence-corrected chi connectivity index (χ3v) is 6.29. The quantitative estimate of drug-likeness (QED) is 0.815. The summed E-state index contributed by atoms with van der Waals surface area (Å²) in [5.41, 5.74) is 7.66. The van der Waals surface area contributed by atoms with Crippen LogP contribution in [0.3, 0.4) is 0 Å². The van der Waals surface area contributed by atoms with Crippen LogP contribution in [0.1, 0.15) is 47.2 Å². The molecular weight excluding hydrogens is 264 g/mol. The van der Waals surface area contributed by atoms with Crippen molar-refractivity contribution in [2.75, 3.05) is 13.6 Å². The summed E-state index contributed by atoms with van der Waals surface area (Å²) in [6, 6.07) is 6.02. The van der Waals surface area contributed by atoms with Gasteiger partial charge in [-0.15, -0.1) is 0 Å². The highest BCUT2D eigenvalue weighted by Gasteiger charge is 2.64. The first-order valence-corrected chi connectivity index (χ1v) is 7.84. The van der Waals surface area contributed by atoms with E-state index in [9.17, 15) is 9.90 Å². The van der Waals surface area contributed by atoms with Crippen LogP contribution in [0.25, 0.3) is 0 Å². The lowest BCUT2D eigenvalue weighted by molar-refractivity contribution is -0.123. The minimum Gasteiger partial charge on any atom is -0.387 e. The standard InChI is InChI=1S/C17H22N2O2/c1-19-8-7-16-5-2-6-17(16,21)14(19)10-11-3-4-12(15(18)20)9-13(11)16/h3-4,9,14,21H,2,5-8,10H2,1H3,(H2,18,20). The molecule has 112 valence electrons. The summed E-state index contributed by atoms with van der Waals surface area (Å²) in [6.45, 7) is 1.01. The fraction of sp³-hybridized carbons (Fsp3) is 0.588. The Hall–Kier alpha value is -1.39. The Morgan fingerprint density at radius 3 is 2.95 bits per heavy atom. The van der Waals surface area contributed by atoms with Gasteiger partial charge in [0.15, 0.2) is 0 Å². The molecule has 3 N–H and O–H groups in total. The first-order valence-electron chi connectivity index (χ1n) is 7.84. The van der Waals surface area contributed by atoms with E-state index in [1.165, 1.54) is 11.1 Å². The van der Waals surface area contributed by atoms with E-state index in [1.807, 2.05) is 18.2 Å². The van der Waals surface area contributed by atoms with Gasteiger partial charge in [-0.05, 0) is 69.0 Å². The van der Waals surface area contributed by atoms with Crippen LogP contribution in [-0.4, -0.2) is 41.1 Å². The molecule has 1 aliphatic heterocycles. The average molecular weight is 286 g/mol. The van der Waals surface area contributed by atoms with Crippen LogP contribution in [0, 0.1) is 0 Å². The number of nitrogens with two attached hydrogens (primary N) is 1. The Morgan fingerprint density at radius 2 is 2.19 bits per heavy atom. The molecule has 1 aromatic carbocycles. The molecule has 1 aromatic rings. The third-order valence-electron chi connectivity index (χ3n) is 6.29. The maximum absolute atomic E-state index is 11.5. The predicted octanol–water partition coefficient (Wildman–Crippen LogP) is 1.20. The smallest absolute Gasteiger partial charge is 0.248 e. The second kappa shape index (κ2) is 4.08. The Kier molecular flexibility index (Phi) is 2.58. The number of carbonyl (C=O) groups excluding carboxylic acids is 1. The molecule has 3 atom stereocenters. The van der Waals surface area contributed by atoms with Gasteiger partial charge >= 0.3 is 0 Å².